The minimum Gasteiger partial charge on any atom is -0.497 e. The molecule has 0 saturated carbocycles. The van der Waals surface area contributed by atoms with Crippen LogP contribution in [-0.2, 0) is 19.6 Å². The van der Waals surface area contributed by atoms with Crippen molar-refractivity contribution < 1.29 is 27.5 Å². The van der Waals surface area contributed by atoms with Crippen LogP contribution >= 0.6 is 11.6 Å². The normalized spacial score (nSPS) is 11.8. The summed E-state index contributed by atoms with van der Waals surface area (Å²) in [6.07, 6.45) is 1.45. The number of sulfonamides is 1. The Balaban J connectivity index is 1.76. The second-order valence-corrected chi connectivity index (χ2v) is 10.2. The van der Waals surface area contributed by atoms with Crippen LogP contribution in [0.4, 0.5) is 5.69 Å². The van der Waals surface area contributed by atoms with Gasteiger partial charge in [0.25, 0.3) is 15.9 Å². The van der Waals surface area contributed by atoms with E-state index in [1.54, 1.807) is 31.2 Å². The Morgan fingerprint density at radius 1 is 1.08 bits per heavy atom. The van der Waals surface area contributed by atoms with E-state index in [9.17, 15) is 18.0 Å². The molecule has 37 heavy (non-hydrogen) atoms. The summed E-state index contributed by atoms with van der Waals surface area (Å²) in [4.78, 5) is 24.8. The molecule has 0 spiro atoms. The van der Waals surface area contributed by atoms with Crippen LogP contribution < -0.4 is 14.4 Å². The maximum Gasteiger partial charge on any atom is 0.340 e. The van der Waals surface area contributed by atoms with Crippen molar-refractivity contribution in [1.82, 2.24) is 5.32 Å². The summed E-state index contributed by atoms with van der Waals surface area (Å²) < 4.78 is 38.3. The Morgan fingerprint density at radius 2 is 1.76 bits per heavy atom. The van der Waals surface area contributed by atoms with E-state index in [4.69, 9.17) is 21.1 Å². The Hall–Kier alpha value is -3.82. The molecule has 1 N–H and O–H groups in total. The largest absolute Gasteiger partial charge is 0.497 e. The predicted octanol–water partition coefficient (Wildman–Crippen LogP) is 4.76. The van der Waals surface area contributed by atoms with Gasteiger partial charge in [0.1, 0.15) is 5.75 Å². The smallest absolute Gasteiger partial charge is 0.340 e. The standard InChI is InChI=1S/C27H27ClN2O6S/c1-4-16-30(21-10-12-22(35-3)13-11-21)37(33,34)23-14-15-25(28)24(17-23)27(32)36-18-26(31)29-19(2)20-8-6-5-7-9-20/h4-15,17,19H,1,16,18H2,2-3H3,(H,29,31)/t19-/m0/s1. The molecular formula is C27H27ClN2O6S. The second kappa shape index (κ2) is 12.4. The molecule has 0 heterocycles. The van der Waals surface area contributed by atoms with E-state index < -0.39 is 28.5 Å². The lowest BCUT2D eigenvalue weighted by Crippen LogP contribution is -2.32. The van der Waals surface area contributed by atoms with E-state index in [1.807, 2.05) is 30.3 Å². The molecule has 0 radical (unpaired) electrons. The zero-order chi connectivity index (χ0) is 27.0. The average molecular weight is 543 g/mol. The van der Waals surface area contributed by atoms with Gasteiger partial charge < -0.3 is 14.8 Å². The first kappa shape index (κ1) is 27.8. The Labute approximate surface area is 221 Å². The van der Waals surface area contributed by atoms with Crippen LogP contribution in [0.2, 0.25) is 5.02 Å². The van der Waals surface area contributed by atoms with Gasteiger partial charge in [-0.25, -0.2) is 13.2 Å². The Kier molecular flexibility index (Phi) is 9.32. The van der Waals surface area contributed by atoms with Gasteiger partial charge in [0, 0.05) is 0 Å². The molecule has 8 nitrogen and oxygen atoms in total. The maximum atomic E-state index is 13.5. The first-order chi connectivity index (χ1) is 17.7. The minimum atomic E-state index is -4.11. The number of rotatable bonds is 11. The molecule has 0 bridgehead atoms. The van der Waals surface area contributed by atoms with Gasteiger partial charge in [0.2, 0.25) is 0 Å². The van der Waals surface area contributed by atoms with Crippen LogP contribution in [0.3, 0.4) is 0 Å². The van der Waals surface area contributed by atoms with Crippen LogP contribution in [-0.4, -0.2) is 40.6 Å². The van der Waals surface area contributed by atoms with Crippen LogP contribution in [0.15, 0.2) is 90.3 Å². The Bertz CT molecular complexity index is 1360. The fraction of sp³-hybridized carbons (Fsp3) is 0.185. The molecule has 1 atom stereocenters. The molecule has 0 aliphatic carbocycles. The quantitative estimate of drug-likeness (QED) is 0.277. The van der Waals surface area contributed by atoms with E-state index in [1.165, 1.54) is 25.3 Å². The van der Waals surface area contributed by atoms with Crippen LogP contribution in [0.1, 0.15) is 28.9 Å². The van der Waals surface area contributed by atoms with Crippen LogP contribution in [0.25, 0.3) is 0 Å². The van der Waals surface area contributed by atoms with Crippen molar-refractivity contribution >= 4 is 39.2 Å². The van der Waals surface area contributed by atoms with Crippen molar-refractivity contribution in [3.8, 4) is 5.75 Å². The summed E-state index contributed by atoms with van der Waals surface area (Å²) in [7, 11) is -2.60. The molecule has 0 fully saturated rings. The molecule has 3 aromatic rings. The van der Waals surface area contributed by atoms with Gasteiger partial charge in [-0.1, -0.05) is 48.0 Å². The lowest BCUT2D eigenvalue weighted by Gasteiger charge is -2.23. The number of halogens is 1. The molecule has 10 heteroatoms. The monoisotopic (exact) mass is 542 g/mol. The summed E-state index contributed by atoms with van der Waals surface area (Å²) in [5, 5.41) is 2.73. The Morgan fingerprint density at radius 3 is 2.38 bits per heavy atom. The average Bonchev–Trinajstić information content (AvgIpc) is 2.91. The number of ether oxygens (including phenoxy) is 2. The molecule has 1 amide bonds. The minimum absolute atomic E-state index is 0.0123. The van der Waals surface area contributed by atoms with Gasteiger partial charge in [-0.05, 0) is 55.0 Å². The zero-order valence-corrected chi connectivity index (χ0v) is 22.0. The number of esters is 1. The van der Waals surface area contributed by atoms with Gasteiger partial charge in [0.15, 0.2) is 6.61 Å². The molecule has 0 aliphatic heterocycles. The third kappa shape index (κ3) is 6.90. The lowest BCUT2D eigenvalue weighted by molar-refractivity contribution is -0.124. The summed E-state index contributed by atoms with van der Waals surface area (Å²) in [6, 6.07) is 19.2. The number of hydrogen-bond acceptors (Lipinski definition) is 6. The fourth-order valence-electron chi connectivity index (χ4n) is 3.47. The molecule has 0 saturated heterocycles. The lowest BCUT2D eigenvalue weighted by atomic mass is 10.1. The molecule has 3 rings (SSSR count). The molecule has 3 aromatic carbocycles. The van der Waals surface area contributed by atoms with Crippen molar-refractivity contribution in [2.24, 2.45) is 0 Å². The number of hydrogen-bond donors (Lipinski definition) is 1. The first-order valence-electron chi connectivity index (χ1n) is 11.3. The highest BCUT2D eigenvalue weighted by Crippen LogP contribution is 2.28. The summed E-state index contributed by atoms with van der Waals surface area (Å²) in [6.45, 7) is 4.87. The fourth-order valence-corrected chi connectivity index (χ4v) is 5.13. The summed E-state index contributed by atoms with van der Waals surface area (Å²) >= 11 is 6.17. The van der Waals surface area contributed by atoms with Gasteiger partial charge in [0.05, 0.1) is 40.9 Å². The van der Waals surface area contributed by atoms with Crippen LogP contribution in [0, 0.1) is 0 Å². The summed E-state index contributed by atoms with van der Waals surface area (Å²) in [5.41, 5.74) is 1.09. The van der Waals surface area contributed by atoms with Crippen molar-refractivity contribution in [3.05, 3.63) is 102 Å². The predicted molar refractivity (Wildman–Crippen MR) is 142 cm³/mol. The van der Waals surface area contributed by atoms with Crippen LogP contribution in [0.5, 0.6) is 5.75 Å². The molecule has 194 valence electrons. The molecule has 0 aromatic heterocycles. The highest BCUT2D eigenvalue weighted by molar-refractivity contribution is 7.92. The highest BCUT2D eigenvalue weighted by Gasteiger charge is 2.26. The van der Waals surface area contributed by atoms with E-state index in [-0.39, 0.29) is 28.1 Å². The molecule has 0 aliphatic rings. The van der Waals surface area contributed by atoms with E-state index in [0.717, 1.165) is 15.9 Å². The number of carbonyl (C=O) groups is 2. The number of amides is 1. The van der Waals surface area contributed by atoms with Gasteiger partial charge >= 0.3 is 5.97 Å². The summed E-state index contributed by atoms with van der Waals surface area (Å²) in [5.74, 6) is -0.871. The third-order valence-corrected chi connectivity index (χ3v) is 7.53. The second-order valence-electron chi connectivity index (χ2n) is 7.94. The highest BCUT2D eigenvalue weighted by atomic mass is 35.5. The number of anilines is 1. The van der Waals surface area contributed by atoms with Gasteiger partial charge in [-0.3, -0.25) is 9.10 Å². The van der Waals surface area contributed by atoms with E-state index in [2.05, 4.69) is 11.9 Å². The topological polar surface area (TPSA) is 102 Å². The van der Waals surface area contributed by atoms with Crippen molar-refractivity contribution in [1.29, 1.82) is 0 Å². The first-order valence-corrected chi connectivity index (χ1v) is 13.1. The SMILES string of the molecule is C=CCN(c1ccc(OC)cc1)S(=O)(=O)c1ccc(Cl)c(C(=O)OCC(=O)N[C@@H](C)c2ccccc2)c1. The number of nitrogens with one attached hydrogen (secondary N) is 1. The maximum absolute atomic E-state index is 13.5. The van der Waals surface area contributed by atoms with Crippen molar-refractivity contribution in [3.63, 3.8) is 0 Å². The number of benzene rings is 3. The van der Waals surface area contributed by atoms with Crippen molar-refractivity contribution in [2.75, 3.05) is 24.6 Å². The van der Waals surface area contributed by atoms with E-state index in [0.29, 0.717) is 11.4 Å². The number of methoxy groups -OCH3 is 1. The van der Waals surface area contributed by atoms with Crippen molar-refractivity contribution in [2.45, 2.75) is 17.9 Å². The van der Waals surface area contributed by atoms with Gasteiger partial charge in [-0.2, -0.15) is 0 Å². The number of carbonyl (C=O) groups excluding carboxylic acids is 2. The molecular weight excluding hydrogens is 516 g/mol. The number of nitrogens with zero attached hydrogens (tertiary/aromatic N) is 1. The van der Waals surface area contributed by atoms with E-state index >= 15 is 0 Å². The third-order valence-electron chi connectivity index (χ3n) is 5.41. The van der Waals surface area contributed by atoms with Gasteiger partial charge in [-0.15, -0.1) is 6.58 Å². The zero-order valence-electron chi connectivity index (χ0n) is 20.4. The molecule has 0 unspecified atom stereocenters.